The number of allylic oxidation sites excluding steroid dienone is 1. The molecule has 188 valence electrons. The predicted octanol–water partition coefficient (Wildman–Crippen LogP) is 4.03. The van der Waals surface area contributed by atoms with Gasteiger partial charge in [0.2, 0.25) is 5.95 Å². The predicted molar refractivity (Wildman–Crippen MR) is 141 cm³/mol. The smallest absolute Gasteiger partial charge is 0.229 e. The van der Waals surface area contributed by atoms with Crippen LogP contribution in [0.1, 0.15) is 11.1 Å². The zero-order chi connectivity index (χ0) is 25.5. The largest absolute Gasteiger partial charge is 0.494 e. The number of hydrogen-bond donors (Lipinski definition) is 2. The van der Waals surface area contributed by atoms with E-state index in [2.05, 4.69) is 44.0 Å². The van der Waals surface area contributed by atoms with Crippen LogP contribution >= 0.6 is 0 Å². The van der Waals surface area contributed by atoms with Crippen molar-refractivity contribution >= 4 is 28.9 Å². The molecule has 0 atom stereocenters. The molecule has 0 unspecified atom stereocenters. The second-order valence-electron chi connectivity index (χ2n) is 8.71. The molecule has 1 aliphatic heterocycles. The molecule has 1 fully saturated rings. The Bertz CT molecular complexity index is 1230. The number of carbonyl (C=O) groups excluding carboxylic acids is 1. The van der Waals surface area contributed by atoms with Crippen LogP contribution in [0.15, 0.2) is 61.3 Å². The van der Waals surface area contributed by atoms with Gasteiger partial charge >= 0.3 is 0 Å². The molecule has 2 aromatic carbocycles. The van der Waals surface area contributed by atoms with E-state index in [1.165, 1.54) is 6.08 Å². The van der Waals surface area contributed by atoms with E-state index >= 15 is 0 Å². The van der Waals surface area contributed by atoms with E-state index < -0.39 is 5.82 Å². The first-order chi connectivity index (χ1) is 17.4. The lowest BCUT2D eigenvalue weighted by Crippen LogP contribution is -2.44. The fourth-order valence-corrected chi connectivity index (χ4v) is 4.03. The first-order valence-corrected chi connectivity index (χ1v) is 11.8. The fraction of sp³-hybridized carbons (Fsp3) is 0.296. The molecule has 0 bridgehead atoms. The van der Waals surface area contributed by atoms with Crippen molar-refractivity contribution in [1.29, 1.82) is 0 Å². The van der Waals surface area contributed by atoms with Crippen molar-refractivity contribution in [3.05, 3.63) is 78.3 Å². The molecule has 0 radical (unpaired) electrons. The monoisotopic (exact) mass is 490 g/mol. The minimum absolute atomic E-state index is 0.0512. The van der Waals surface area contributed by atoms with Gasteiger partial charge in [0.15, 0.2) is 17.4 Å². The molecule has 1 aromatic heterocycles. The molecule has 9 heteroatoms. The van der Waals surface area contributed by atoms with Crippen LogP contribution in [-0.4, -0.2) is 61.0 Å². The molecular formula is C27H31FN6O2. The molecule has 0 saturated carbocycles. The van der Waals surface area contributed by atoms with Crippen molar-refractivity contribution in [2.75, 3.05) is 55.9 Å². The number of nitrogens with one attached hydrogen (secondary N) is 2. The summed E-state index contributed by atoms with van der Waals surface area (Å²) < 4.78 is 20.0. The van der Waals surface area contributed by atoms with Gasteiger partial charge in [-0.05, 0) is 36.4 Å². The van der Waals surface area contributed by atoms with Gasteiger partial charge in [0.05, 0.1) is 19.0 Å². The van der Waals surface area contributed by atoms with E-state index in [0.717, 1.165) is 49.2 Å². The number of aromatic nitrogens is 2. The van der Waals surface area contributed by atoms with Crippen molar-refractivity contribution in [3.63, 3.8) is 0 Å². The second-order valence-corrected chi connectivity index (χ2v) is 8.71. The van der Waals surface area contributed by atoms with Crippen molar-refractivity contribution in [2.24, 2.45) is 0 Å². The van der Waals surface area contributed by atoms with Crippen LogP contribution in [0.5, 0.6) is 5.75 Å². The summed E-state index contributed by atoms with van der Waals surface area (Å²) in [5.74, 6) is 0.364. The van der Waals surface area contributed by atoms with Crippen LogP contribution in [0.2, 0.25) is 0 Å². The number of hydrogen-bond acceptors (Lipinski definition) is 8. The number of likely N-dealkylation sites (N-methyl/N-ethyl adjacent to an activating group) is 1. The number of benzene rings is 2. The number of ketones is 1. The topological polar surface area (TPSA) is 82.6 Å². The minimum atomic E-state index is -0.559. The summed E-state index contributed by atoms with van der Waals surface area (Å²) >= 11 is 0. The summed E-state index contributed by atoms with van der Waals surface area (Å²) in [5, 5.41) is 6.16. The Morgan fingerprint density at radius 1 is 1.17 bits per heavy atom. The summed E-state index contributed by atoms with van der Waals surface area (Å²) in [4.78, 5) is 24.7. The molecule has 1 aliphatic rings. The quantitative estimate of drug-likeness (QED) is 0.412. The summed E-state index contributed by atoms with van der Waals surface area (Å²) in [6, 6.07) is 13.5. The van der Waals surface area contributed by atoms with Crippen molar-refractivity contribution < 1.29 is 13.9 Å². The third-order valence-corrected chi connectivity index (χ3v) is 6.10. The lowest BCUT2D eigenvalue weighted by molar-refractivity contribution is -0.114. The Balaban J connectivity index is 1.44. The number of carbonyl (C=O) groups is 1. The average Bonchev–Trinajstić information content (AvgIpc) is 2.89. The Hall–Kier alpha value is -3.98. The maximum Gasteiger partial charge on any atom is 0.229 e. The molecule has 36 heavy (non-hydrogen) atoms. The van der Waals surface area contributed by atoms with Crippen LogP contribution < -0.4 is 20.3 Å². The fourth-order valence-electron chi connectivity index (χ4n) is 4.03. The van der Waals surface area contributed by atoms with Gasteiger partial charge in [0.25, 0.3) is 0 Å². The zero-order valence-electron chi connectivity index (χ0n) is 20.6. The standard InChI is InChI=1S/C27H31FN6O2/c1-4-22(35)15-19-6-5-7-20(14-19)17-29-26-23(28)18-30-27(32-26)31-24-9-8-21(16-25(24)36-3)34-12-10-33(2)11-13-34/h4-9,14,16,18H,1,10-13,15,17H2,2-3H3,(H2,29,30,31,32). The summed E-state index contributed by atoms with van der Waals surface area (Å²) in [6.07, 6.45) is 2.72. The lowest BCUT2D eigenvalue weighted by atomic mass is 10.1. The zero-order valence-corrected chi connectivity index (χ0v) is 20.6. The molecule has 3 aromatic rings. The summed E-state index contributed by atoms with van der Waals surface area (Å²) in [7, 11) is 3.74. The van der Waals surface area contributed by atoms with Gasteiger partial charge in [-0.3, -0.25) is 4.79 Å². The molecule has 8 nitrogen and oxygen atoms in total. The molecular weight excluding hydrogens is 459 g/mol. The Kier molecular flexibility index (Phi) is 8.12. The third-order valence-electron chi connectivity index (χ3n) is 6.10. The number of halogens is 1. The number of rotatable bonds is 10. The Morgan fingerprint density at radius 3 is 2.69 bits per heavy atom. The summed E-state index contributed by atoms with van der Waals surface area (Å²) in [6.45, 7) is 7.78. The average molecular weight is 491 g/mol. The van der Waals surface area contributed by atoms with Gasteiger partial charge in [-0.2, -0.15) is 4.98 Å². The number of nitrogens with zero attached hydrogens (tertiary/aromatic N) is 4. The van der Waals surface area contributed by atoms with Crippen LogP contribution in [0.4, 0.5) is 27.5 Å². The van der Waals surface area contributed by atoms with Gasteiger partial charge in [0, 0.05) is 50.9 Å². The maximum atomic E-state index is 14.4. The third kappa shape index (κ3) is 6.37. The maximum absolute atomic E-state index is 14.4. The van der Waals surface area contributed by atoms with E-state index in [1.807, 2.05) is 42.5 Å². The number of piperazine rings is 1. The number of ether oxygens (including phenoxy) is 1. The second kappa shape index (κ2) is 11.6. The number of anilines is 4. The molecule has 0 aliphatic carbocycles. The summed E-state index contributed by atoms with van der Waals surface area (Å²) in [5.41, 5.74) is 3.55. The van der Waals surface area contributed by atoms with E-state index in [-0.39, 0.29) is 24.0 Å². The lowest BCUT2D eigenvalue weighted by Gasteiger charge is -2.34. The van der Waals surface area contributed by atoms with E-state index in [4.69, 9.17) is 4.74 Å². The molecule has 2 heterocycles. The van der Waals surface area contributed by atoms with Gasteiger partial charge < -0.3 is 25.2 Å². The highest BCUT2D eigenvalue weighted by Crippen LogP contribution is 2.32. The highest BCUT2D eigenvalue weighted by atomic mass is 19.1. The molecule has 1 saturated heterocycles. The Labute approximate surface area is 210 Å². The first kappa shape index (κ1) is 25.1. The SMILES string of the molecule is C=CC(=O)Cc1cccc(CNc2nc(Nc3ccc(N4CCN(C)CC4)cc3OC)ncc2F)c1. The van der Waals surface area contributed by atoms with Crippen LogP contribution in [-0.2, 0) is 17.8 Å². The van der Waals surface area contributed by atoms with Gasteiger partial charge in [-0.15, -0.1) is 0 Å². The van der Waals surface area contributed by atoms with Crippen LogP contribution in [0.25, 0.3) is 0 Å². The van der Waals surface area contributed by atoms with Crippen molar-refractivity contribution in [3.8, 4) is 5.75 Å². The highest BCUT2D eigenvalue weighted by Gasteiger charge is 2.17. The van der Waals surface area contributed by atoms with Gasteiger partial charge in [-0.1, -0.05) is 30.8 Å². The van der Waals surface area contributed by atoms with E-state index in [1.54, 1.807) is 7.11 Å². The van der Waals surface area contributed by atoms with Gasteiger partial charge in [-0.25, -0.2) is 9.37 Å². The van der Waals surface area contributed by atoms with E-state index in [0.29, 0.717) is 18.0 Å². The van der Waals surface area contributed by atoms with Crippen LogP contribution in [0.3, 0.4) is 0 Å². The molecule has 0 amide bonds. The highest BCUT2D eigenvalue weighted by molar-refractivity contribution is 5.90. The van der Waals surface area contributed by atoms with Crippen molar-refractivity contribution in [1.82, 2.24) is 14.9 Å². The van der Waals surface area contributed by atoms with Crippen LogP contribution in [0, 0.1) is 5.82 Å². The molecule has 4 rings (SSSR count). The molecule has 0 spiro atoms. The van der Waals surface area contributed by atoms with Gasteiger partial charge in [0.1, 0.15) is 5.75 Å². The molecule has 2 N–H and O–H groups in total. The Morgan fingerprint density at radius 2 is 1.94 bits per heavy atom. The number of methoxy groups -OCH3 is 1. The normalized spacial score (nSPS) is 13.8. The minimum Gasteiger partial charge on any atom is -0.494 e. The van der Waals surface area contributed by atoms with Crippen molar-refractivity contribution in [2.45, 2.75) is 13.0 Å². The first-order valence-electron chi connectivity index (χ1n) is 11.8. The van der Waals surface area contributed by atoms with E-state index in [9.17, 15) is 9.18 Å².